The molecule has 0 N–H and O–H groups in total. The average molecular weight is 637 g/mol. The maximum Gasteiger partial charge on any atom is 0.410 e. The van der Waals surface area contributed by atoms with Gasteiger partial charge in [0.15, 0.2) is 21.3 Å². The third-order valence-electron chi connectivity index (χ3n) is 7.92. The number of ether oxygens (including phenoxy) is 3. The number of rotatable bonds is 9. The van der Waals surface area contributed by atoms with Crippen LogP contribution in [0.15, 0.2) is 17.1 Å². The van der Waals surface area contributed by atoms with Gasteiger partial charge >= 0.3 is 12.1 Å². The van der Waals surface area contributed by atoms with Crippen molar-refractivity contribution in [1.82, 2.24) is 9.47 Å². The SMILES string of the molecule is CCOC(=O)c1cn(C2CC2)c2c(OC[C@@H]3C[C@H](C(C)(C)O[SiH2]C(C)(C)C)CN3C(=O)OC(C)(C)C)c(F)c(F)cc2c1=O. The molecule has 244 valence electrons. The van der Waals surface area contributed by atoms with Gasteiger partial charge in [-0.25, -0.2) is 14.0 Å². The largest absolute Gasteiger partial charge is 0.486 e. The first-order valence-electron chi connectivity index (χ1n) is 15.3. The smallest absolute Gasteiger partial charge is 0.410 e. The second-order valence-electron chi connectivity index (χ2n) is 14.6. The number of hydrogen-bond acceptors (Lipinski definition) is 7. The lowest BCUT2D eigenvalue weighted by Gasteiger charge is -2.35. The van der Waals surface area contributed by atoms with E-state index in [1.54, 1.807) is 37.2 Å². The minimum atomic E-state index is -1.28. The minimum absolute atomic E-state index is 0.0582. The van der Waals surface area contributed by atoms with E-state index in [4.69, 9.17) is 18.6 Å². The summed E-state index contributed by atoms with van der Waals surface area (Å²) >= 11 is 0. The van der Waals surface area contributed by atoms with Gasteiger partial charge in [-0.05, 0) is 71.9 Å². The first-order chi connectivity index (χ1) is 20.3. The van der Waals surface area contributed by atoms with Crippen molar-refractivity contribution >= 4 is 32.7 Å². The topological polar surface area (TPSA) is 96.3 Å². The zero-order valence-corrected chi connectivity index (χ0v) is 28.8. The van der Waals surface area contributed by atoms with Crippen molar-refractivity contribution in [2.45, 2.75) is 110 Å². The Bertz CT molecular complexity index is 1470. The molecule has 2 fully saturated rings. The lowest BCUT2D eigenvalue weighted by atomic mass is 9.89. The molecule has 1 aromatic heterocycles. The van der Waals surface area contributed by atoms with Gasteiger partial charge in [0.2, 0.25) is 11.2 Å². The molecule has 12 heteroatoms. The highest BCUT2D eigenvalue weighted by Gasteiger charge is 2.45. The molecule has 2 aromatic rings. The van der Waals surface area contributed by atoms with Crippen LogP contribution in [0.1, 0.15) is 98.0 Å². The van der Waals surface area contributed by atoms with Crippen molar-refractivity contribution < 1.29 is 37.0 Å². The monoisotopic (exact) mass is 636 g/mol. The molecule has 1 saturated heterocycles. The van der Waals surface area contributed by atoms with Crippen LogP contribution in [-0.2, 0) is 13.9 Å². The van der Waals surface area contributed by atoms with Gasteiger partial charge in [0.05, 0.1) is 29.2 Å². The summed E-state index contributed by atoms with van der Waals surface area (Å²) in [6, 6.07) is 0.156. The fourth-order valence-electron chi connectivity index (χ4n) is 5.38. The van der Waals surface area contributed by atoms with Crippen LogP contribution in [0.5, 0.6) is 5.75 Å². The van der Waals surface area contributed by atoms with Crippen LogP contribution >= 0.6 is 0 Å². The Hall–Kier alpha value is -2.99. The molecule has 2 aliphatic rings. The number of fused-ring (bicyclic) bond motifs is 1. The predicted octanol–water partition coefficient (Wildman–Crippen LogP) is 5.89. The van der Waals surface area contributed by atoms with Gasteiger partial charge in [-0.3, -0.25) is 4.79 Å². The maximum absolute atomic E-state index is 15.5. The summed E-state index contributed by atoms with van der Waals surface area (Å²) in [7, 11) is -0.902. The number of hydrogen-bond donors (Lipinski definition) is 0. The zero-order chi connectivity index (χ0) is 32.8. The molecule has 1 aromatic carbocycles. The van der Waals surface area contributed by atoms with Crippen molar-refractivity contribution in [2.24, 2.45) is 5.92 Å². The van der Waals surface area contributed by atoms with Crippen molar-refractivity contribution in [3.63, 3.8) is 0 Å². The van der Waals surface area contributed by atoms with Gasteiger partial charge in [-0.1, -0.05) is 20.8 Å². The van der Waals surface area contributed by atoms with Gasteiger partial charge in [-0.15, -0.1) is 0 Å². The van der Waals surface area contributed by atoms with Gasteiger partial charge in [0.1, 0.15) is 17.8 Å². The van der Waals surface area contributed by atoms with Crippen LogP contribution in [0.25, 0.3) is 10.9 Å². The van der Waals surface area contributed by atoms with Crippen molar-refractivity contribution in [3.05, 3.63) is 39.7 Å². The highest BCUT2D eigenvalue weighted by atomic mass is 28.2. The molecular formula is C32H46F2N2O7Si. The first kappa shape index (κ1) is 33.9. The molecule has 1 aliphatic carbocycles. The van der Waals surface area contributed by atoms with E-state index in [2.05, 4.69) is 20.8 Å². The fraction of sp³-hybridized carbons (Fsp3) is 0.656. The van der Waals surface area contributed by atoms with Crippen LogP contribution < -0.4 is 10.2 Å². The number of pyridine rings is 1. The standard InChI is InChI=1S/C32H46F2N2O7Si/c1-10-40-28(38)22-16-35(19-11-12-19)25-21(26(22)37)14-23(33)24(34)27(25)41-17-20-13-18(32(8,9)43-44-31(5,6)7)15-36(20)29(39)42-30(2,3)4/h14,16,18-20H,10-13,15,17,44H2,1-9H3/t18-,20-/m0/s1. The van der Waals surface area contributed by atoms with E-state index in [1.165, 1.54) is 6.20 Å². The van der Waals surface area contributed by atoms with Gasteiger partial charge in [0, 0.05) is 24.7 Å². The molecular weight excluding hydrogens is 590 g/mol. The molecule has 0 unspecified atom stereocenters. The first-order valence-corrected chi connectivity index (χ1v) is 16.6. The Balaban J connectivity index is 1.71. The molecule has 0 radical (unpaired) electrons. The minimum Gasteiger partial charge on any atom is -0.486 e. The molecule has 2 heterocycles. The van der Waals surface area contributed by atoms with Crippen LogP contribution in [0, 0.1) is 17.6 Å². The van der Waals surface area contributed by atoms with Crippen molar-refractivity contribution in [2.75, 3.05) is 19.8 Å². The molecule has 1 amide bonds. The van der Waals surface area contributed by atoms with Crippen LogP contribution in [-0.4, -0.2) is 68.3 Å². The molecule has 4 rings (SSSR count). The summed E-state index contributed by atoms with van der Waals surface area (Å²) < 4.78 is 55.4. The molecule has 9 nitrogen and oxygen atoms in total. The number of aromatic nitrogens is 1. The van der Waals surface area contributed by atoms with E-state index in [0.29, 0.717) is 13.0 Å². The van der Waals surface area contributed by atoms with Crippen molar-refractivity contribution in [3.8, 4) is 5.75 Å². The molecule has 44 heavy (non-hydrogen) atoms. The van der Waals surface area contributed by atoms with E-state index < -0.39 is 61.9 Å². The number of carbonyl (C=O) groups excluding carboxylic acids is 2. The Morgan fingerprint density at radius 2 is 1.73 bits per heavy atom. The van der Waals surface area contributed by atoms with Gasteiger partial charge in [0.25, 0.3) is 0 Å². The second-order valence-corrected chi connectivity index (χ2v) is 17.3. The number of amides is 1. The summed E-state index contributed by atoms with van der Waals surface area (Å²) in [5, 5.41) is -0.102. The maximum atomic E-state index is 15.5. The number of esters is 1. The summed E-state index contributed by atoms with van der Waals surface area (Å²) in [5.74, 6) is -3.84. The lowest BCUT2D eigenvalue weighted by Crippen LogP contribution is -2.43. The summed E-state index contributed by atoms with van der Waals surface area (Å²) in [5.41, 5.74) is -2.23. The highest BCUT2D eigenvalue weighted by Crippen LogP contribution is 2.42. The summed E-state index contributed by atoms with van der Waals surface area (Å²) in [4.78, 5) is 40.8. The van der Waals surface area contributed by atoms with E-state index in [-0.39, 0.29) is 46.7 Å². The second kappa shape index (κ2) is 12.4. The number of likely N-dealkylation sites (tertiary alicyclic amines) is 1. The number of carbonyl (C=O) groups is 2. The Morgan fingerprint density at radius 1 is 1.07 bits per heavy atom. The Morgan fingerprint density at radius 3 is 2.30 bits per heavy atom. The number of benzene rings is 1. The molecule has 0 spiro atoms. The fourth-order valence-corrected chi connectivity index (χ4v) is 6.42. The third-order valence-corrected chi connectivity index (χ3v) is 9.68. The molecule has 1 saturated carbocycles. The van der Waals surface area contributed by atoms with Crippen LogP contribution in [0.4, 0.5) is 13.6 Å². The van der Waals surface area contributed by atoms with Crippen LogP contribution in [0.2, 0.25) is 5.04 Å². The lowest BCUT2D eigenvalue weighted by molar-refractivity contribution is 0.0145. The normalized spacial score (nSPS) is 19.7. The van der Waals surface area contributed by atoms with Gasteiger partial charge in [-0.2, -0.15) is 4.39 Å². The highest BCUT2D eigenvalue weighted by molar-refractivity contribution is 6.31. The van der Waals surface area contributed by atoms with E-state index in [9.17, 15) is 18.8 Å². The molecule has 2 atom stereocenters. The molecule has 1 aliphatic heterocycles. The van der Waals surface area contributed by atoms with E-state index in [0.717, 1.165) is 18.9 Å². The molecule has 0 bridgehead atoms. The number of halogens is 2. The van der Waals surface area contributed by atoms with Crippen LogP contribution in [0.3, 0.4) is 0 Å². The summed E-state index contributed by atoms with van der Waals surface area (Å²) in [6.07, 6.45) is 2.78. The Kier molecular flexibility index (Phi) is 9.57. The van der Waals surface area contributed by atoms with Gasteiger partial charge < -0.3 is 28.1 Å². The van der Waals surface area contributed by atoms with E-state index in [1.807, 2.05) is 13.8 Å². The quantitative estimate of drug-likeness (QED) is 0.250. The Labute approximate surface area is 260 Å². The zero-order valence-electron chi connectivity index (χ0n) is 27.3. The average Bonchev–Trinajstić information content (AvgIpc) is 3.65. The van der Waals surface area contributed by atoms with E-state index >= 15 is 4.39 Å². The predicted molar refractivity (Wildman–Crippen MR) is 166 cm³/mol. The summed E-state index contributed by atoms with van der Waals surface area (Å²) in [6.45, 7) is 17.6. The van der Waals surface area contributed by atoms with Crippen molar-refractivity contribution in [1.29, 1.82) is 0 Å². The number of nitrogens with zero attached hydrogens (tertiary/aromatic N) is 2. The third kappa shape index (κ3) is 7.62.